The lowest BCUT2D eigenvalue weighted by Crippen LogP contribution is -2.50. The topological polar surface area (TPSA) is 83.0 Å². The molecule has 1 N–H and O–H groups in total. The van der Waals surface area contributed by atoms with Gasteiger partial charge in [-0.25, -0.2) is 4.98 Å². The Kier molecular flexibility index (Phi) is 8.36. The SMILES string of the molecule is CC(C)CC#Cc1cnc2c(c1)C(=O)N([C@H](C)CO)C[C@H](C)[C@H](CN(C)C(=O)CC1CC1)O2. The maximum Gasteiger partial charge on any atom is 0.259 e. The summed E-state index contributed by atoms with van der Waals surface area (Å²) in [5.41, 5.74) is 1.00. The summed E-state index contributed by atoms with van der Waals surface area (Å²) in [7, 11) is 1.81. The molecule has 3 rings (SSSR count). The van der Waals surface area contributed by atoms with Gasteiger partial charge in [0, 0.05) is 44.1 Å². The number of aliphatic hydroxyl groups excluding tert-OH is 1. The average Bonchev–Trinajstić information content (AvgIpc) is 3.59. The number of amides is 2. The summed E-state index contributed by atoms with van der Waals surface area (Å²) in [6.07, 6.45) is 4.90. The van der Waals surface area contributed by atoms with E-state index in [1.807, 2.05) is 13.8 Å². The second-order valence-electron chi connectivity index (χ2n) is 10.0. The number of pyridine rings is 1. The van der Waals surface area contributed by atoms with Crippen LogP contribution in [0.1, 0.15) is 69.3 Å². The maximum atomic E-state index is 13.4. The molecule has 33 heavy (non-hydrogen) atoms. The lowest BCUT2D eigenvalue weighted by atomic mass is 9.99. The van der Waals surface area contributed by atoms with Crippen molar-refractivity contribution in [3.05, 3.63) is 23.4 Å². The summed E-state index contributed by atoms with van der Waals surface area (Å²) in [4.78, 5) is 33.9. The van der Waals surface area contributed by atoms with E-state index in [1.165, 1.54) is 0 Å². The molecule has 1 aliphatic heterocycles. The molecule has 3 atom stereocenters. The molecule has 0 unspecified atom stereocenters. The predicted molar refractivity (Wildman–Crippen MR) is 127 cm³/mol. The summed E-state index contributed by atoms with van der Waals surface area (Å²) >= 11 is 0. The fourth-order valence-corrected chi connectivity index (χ4v) is 3.84. The number of hydrogen-bond acceptors (Lipinski definition) is 5. The fourth-order valence-electron chi connectivity index (χ4n) is 3.84. The number of carbonyl (C=O) groups excluding carboxylic acids is 2. The number of aromatic nitrogens is 1. The lowest BCUT2D eigenvalue weighted by Gasteiger charge is -2.37. The Labute approximate surface area is 197 Å². The number of carbonyl (C=O) groups is 2. The van der Waals surface area contributed by atoms with E-state index in [9.17, 15) is 14.7 Å². The zero-order valence-electron chi connectivity index (χ0n) is 20.5. The van der Waals surface area contributed by atoms with Gasteiger partial charge < -0.3 is 19.6 Å². The summed E-state index contributed by atoms with van der Waals surface area (Å²) in [6, 6.07) is 1.38. The van der Waals surface area contributed by atoms with Gasteiger partial charge in [0.2, 0.25) is 11.8 Å². The molecule has 180 valence electrons. The molecule has 1 aromatic rings. The van der Waals surface area contributed by atoms with Gasteiger partial charge in [0.15, 0.2) is 0 Å². The number of nitrogens with zero attached hydrogens (tertiary/aromatic N) is 3. The third kappa shape index (κ3) is 6.70. The molecular weight excluding hydrogens is 418 g/mol. The quantitative estimate of drug-likeness (QED) is 0.639. The van der Waals surface area contributed by atoms with Crippen LogP contribution in [0.4, 0.5) is 0 Å². The Morgan fingerprint density at radius 3 is 2.73 bits per heavy atom. The van der Waals surface area contributed by atoms with Crippen LogP contribution in [0.5, 0.6) is 5.88 Å². The minimum atomic E-state index is -0.351. The molecule has 0 saturated heterocycles. The van der Waals surface area contributed by atoms with Gasteiger partial charge in [-0.05, 0) is 37.7 Å². The van der Waals surface area contributed by atoms with Crippen molar-refractivity contribution in [2.75, 3.05) is 26.7 Å². The van der Waals surface area contributed by atoms with E-state index >= 15 is 0 Å². The third-order valence-electron chi connectivity index (χ3n) is 6.30. The summed E-state index contributed by atoms with van der Waals surface area (Å²) in [6.45, 7) is 8.73. The zero-order chi connectivity index (χ0) is 24.1. The van der Waals surface area contributed by atoms with Crippen molar-refractivity contribution in [1.82, 2.24) is 14.8 Å². The first-order valence-corrected chi connectivity index (χ1v) is 12.0. The Morgan fingerprint density at radius 1 is 1.36 bits per heavy atom. The molecule has 7 heteroatoms. The number of ether oxygens (including phenoxy) is 1. The van der Waals surface area contributed by atoms with Gasteiger partial charge in [0.05, 0.1) is 19.2 Å². The van der Waals surface area contributed by atoms with Gasteiger partial charge in [-0.1, -0.05) is 32.6 Å². The minimum absolute atomic E-state index is 0.0559. The second-order valence-corrected chi connectivity index (χ2v) is 10.0. The van der Waals surface area contributed by atoms with Crippen LogP contribution in [0.15, 0.2) is 12.3 Å². The highest BCUT2D eigenvalue weighted by Crippen LogP contribution is 2.33. The second kappa shape index (κ2) is 11.0. The molecule has 1 saturated carbocycles. The third-order valence-corrected chi connectivity index (χ3v) is 6.30. The standard InChI is InChI=1S/C26H37N3O4/c1-17(2)7-6-8-21-11-22-25(27-13-21)33-23(15-28(5)24(31)12-20-9-10-20)18(3)14-29(26(22)32)19(4)16-30/h11,13,17-20,23,30H,7,9-10,12,14-16H2,1-5H3/t18-,19+,23-/m0/s1. The van der Waals surface area contributed by atoms with E-state index in [-0.39, 0.29) is 42.4 Å². The number of likely N-dealkylation sites (N-methyl/N-ethyl adjacent to an activating group) is 1. The molecule has 0 spiro atoms. The van der Waals surface area contributed by atoms with Gasteiger partial charge in [-0.15, -0.1) is 0 Å². The zero-order valence-corrected chi connectivity index (χ0v) is 20.5. The van der Waals surface area contributed by atoms with Crippen molar-refractivity contribution >= 4 is 11.8 Å². The first kappa shape index (κ1) is 25.0. The number of aliphatic hydroxyl groups is 1. The van der Waals surface area contributed by atoms with Gasteiger partial charge in [-0.2, -0.15) is 0 Å². The maximum absolute atomic E-state index is 13.4. The minimum Gasteiger partial charge on any atom is -0.472 e. The molecule has 0 radical (unpaired) electrons. The van der Waals surface area contributed by atoms with Gasteiger partial charge >= 0.3 is 0 Å². The highest BCUT2D eigenvalue weighted by atomic mass is 16.5. The largest absolute Gasteiger partial charge is 0.472 e. The van der Waals surface area contributed by atoms with E-state index in [0.717, 1.165) is 19.3 Å². The van der Waals surface area contributed by atoms with Gasteiger partial charge in [-0.3, -0.25) is 9.59 Å². The van der Waals surface area contributed by atoms with Crippen LogP contribution >= 0.6 is 0 Å². The molecular formula is C26H37N3O4. The van der Waals surface area contributed by atoms with Crippen molar-refractivity contribution in [2.45, 2.75) is 65.5 Å². The molecule has 2 amide bonds. The van der Waals surface area contributed by atoms with Crippen molar-refractivity contribution in [3.63, 3.8) is 0 Å². The molecule has 2 aliphatic rings. The molecule has 0 aromatic carbocycles. The number of hydrogen-bond donors (Lipinski definition) is 1. The Balaban J connectivity index is 1.89. The van der Waals surface area contributed by atoms with Crippen molar-refractivity contribution in [2.24, 2.45) is 17.8 Å². The number of fused-ring (bicyclic) bond motifs is 1. The normalized spacial score (nSPS) is 21.3. The first-order chi connectivity index (χ1) is 15.7. The van der Waals surface area contributed by atoms with E-state index in [2.05, 4.69) is 30.7 Å². The fraction of sp³-hybridized carbons (Fsp3) is 0.654. The highest BCUT2D eigenvalue weighted by Gasteiger charge is 2.35. The van der Waals surface area contributed by atoms with Crippen LogP contribution in [0.2, 0.25) is 0 Å². The summed E-state index contributed by atoms with van der Waals surface area (Å²) < 4.78 is 6.26. The van der Waals surface area contributed by atoms with Gasteiger partial charge in [0.25, 0.3) is 5.91 Å². The van der Waals surface area contributed by atoms with E-state index in [4.69, 9.17) is 4.74 Å². The van der Waals surface area contributed by atoms with Crippen LogP contribution in [-0.4, -0.2) is 70.6 Å². The van der Waals surface area contributed by atoms with E-state index < -0.39 is 0 Å². The monoisotopic (exact) mass is 455 g/mol. The molecule has 7 nitrogen and oxygen atoms in total. The first-order valence-electron chi connectivity index (χ1n) is 12.0. The van der Waals surface area contributed by atoms with Crippen LogP contribution < -0.4 is 4.74 Å². The van der Waals surface area contributed by atoms with Crippen LogP contribution in [0, 0.1) is 29.6 Å². The molecule has 1 aliphatic carbocycles. The lowest BCUT2D eigenvalue weighted by molar-refractivity contribution is -0.131. The van der Waals surface area contributed by atoms with Crippen LogP contribution in [-0.2, 0) is 4.79 Å². The van der Waals surface area contributed by atoms with Gasteiger partial charge in [0.1, 0.15) is 11.7 Å². The molecule has 1 aromatic heterocycles. The van der Waals surface area contributed by atoms with Crippen LogP contribution in [0.25, 0.3) is 0 Å². The van der Waals surface area contributed by atoms with Crippen molar-refractivity contribution in [1.29, 1.82) is 0 Å². The smallest absolute Gasteiger partial charge is 0.259 e. The summed E-state index contributed by atoms with van der Waals surface area (Å²) in [5, 5.41) is 9.78. The predicted octanol–water partition coefficient (Wildman–Crippen LogP) is 2.96. The summed E-state index contributed by atoms with van der Waals surface area (Å²) in [5.74, 6) is 7.30. The molecule has 2 heterocycles. The molecule has 0 bridgehead atoms. The Bertz CT molecular complexity index is 916. The Hall–Kier alpha value is -2.59. The average molecular weight is 456 g/mol. The van der Waals surface area contributed by atoms with Crippen molar-refractivity contribution in [3.8, 4) is 17.7 Å². The van der Waals surface area contributed by atoms with E-state index in [0.29, 0.717) is 42.5 Å². The van der Waals surface area contributed by atoms with Crippen LogP contribution in [0.3, 0.4) is 0 Å². The molecule has 1 fully saturated rings. The highest BCUT2D eigenvalue weighted by molar-refractivity contribution is 5.97. The van der Waals surface area contributed by atoms with Crippen molar-refractivity contribution < 1.29 is 19.4 Å². The Morgan fingerprint density at radius 2 is 2.09 bits per heavy atom. The number of rotatable bonds is 7. The van der Waals surface area contributed by atoms with E-state index in [1.54, 1.807) is 29.1 Å².